The number of alkyl halides is 2. The van der Waals surface area contributed by atoms with E-state index >= 15 is 0 Å². The number of nitrogens with zero attached hydrogens (tertiary/aromatic N) is 3. The molecule has 0 saturated carbocycles. The van der Waals surface area contributed by atoms with E-state index in [4.69, 9.17) is 10.5 Å². The van der Waals surface area contributed by atoms with Crippen LogP contribution >= 0.6 is 11.3 Å². The second-order valence-corrected chi connectivity index (χ2v) is 4.72. The summed E-state index contributed by atoms with van der Waals surface area (Å²) in [7, 11) is 0. The van der Waals surface area contributed by atoms with Gasteiger partial charge in [-0.3, -0.25) is 4.79 Å². The first-order chi connectivity index (χ1) is 9.37. The van der Waals surface area contributed by atoms with Crippen molar-refractivity contribution in [3.63, 3.8) is 0 Å². The van der Waals surface area contributed by atoms with Crippen molar-refractivity contribution in [2.75, 3.05) is 6.61 Å². The third kappa shape index (κ3) is 3.44. The molecule has 0 atom stereocenters. The van der Waals surface area contributed by atoms with E-state index in [1.165, 1.54) is 16.8 Å². The van der Waals surface area contributed by atoms with Gasteiger partial charge in [-0.2, -0.15) is 0 Å². The Balaban J connectivity index is 2.34. The fourth-order valence-corrected chi connectivity index (χ4v) is 1.87. The van der Waals surface area contributed by atoms with E-state index < -0.39 is 18.4 Å². The molecule has 2 aromatic heterocycles. The lowest BCUT2D eigenvalue weighted by molar-refractivity contribution is -0.0243. The van der Waals surface area contributed by atoms with E-state index in [1.807, 2.05) is 0 Å². The summed E-state index contributed by atoms with van der Waals surface area (Å²) in [5, 5.41) is 1.63. The van der Waals surface area contributed by atoms with Gasteiger partial charge in [0.15, 0.2) is 12.3 Å². The van der Waals surface area contributed by atoms with Crippen molar-refractivity contribution in [3.05, 3.63) is 22.8 Å². The fourth-order valence-electron chi connectivity index (χ4n) is 1.33. The van der Waals surface area contributed by atoms with Gasteiger partial charge in [-0.25, -0.2) is 23.7 Å². The first kappa shape index (κ1) is 14.3. The number of rotatable bonds is 5. The van der Waals surface area contributed by atoms with Crippen LogP contribution in [0, 0.1) is 0 Å². The number of thiazole rings is 1. The minimum Gasteiger partial charge on any atom is -0.470 e. The van der Waals surface area contributed by atoms with Crippen LogP contribution in [0.1, 0.15) is 17.4 Å². The molecular formula is C11H10F2N4O2S. The Morgan fingerprint density at radius 1 is 1.50 bits per heavy atom. The summed E-state index contributed by atoms with van der Waals surface area (Å²) in [5.74, 6) is -3.91. The minimum absolute atomic E-state index is 0.0912. The van der Waals surface area contributed by atoms with E-state index in [9.17, 15) is 13.6 Å². The van der Waals surface area contributed by atoms with Crippen molar-refractivity contribution >= 4 is 17.2 Å². The SMILES string of the molecule is CC(F)(F)COc1cnc(C(N)=O)c(-c2cscn2)n1. The summed E-state index contributed by atoms with van der Waals surface area (Å²) in [4.78, 5) is 23.0. The molecule has 0 aliphatic heterocycles. The molecule has 0 aromatic carbocycles. The summed E-state index contributed by atoms with van der Waals surface area (Å²) in [6, 6.07) is 0. The molecule has 2 N–H and O–H groups in total. The summed E-state index contributed by atoms with van der Waals surface area (Å²) in [5.41, 5.74) is 7.12. The van der Waals surface area contributed by atoms with E-state index in [0.717, 1.165) is 13.1 Å². The molecule has 0 fully saturated rings. The maximum atomic E-state index is 12.7. The number of amides is 1. The number of ether oxygens (including phenoxy) is 1. The smallest absolute Gasteiger partial charge is 0.278 e. The molecule has 0 spiro atoms. The Hall–Kier alpha value is -2.16. The topological polar surface area (TPSA) is 91.0 Å². The molecule has 106 valence electrons. The summed E-state index contributed by atoms with van der Waals surface area (Å²) >= 11 is 1.29. The lowest BCUT2D eigenvalue weighted by Gasteiger charge is -2.12. The highest BCUT2D eigenvalue weighted by Gasteiger charge is 2.23. The molecule has 9 heteroatoms. The molecule has 0 aliphatic carbocycles. The third-order valence-electron chi connectivity index (χ3n) is 2.13. The zero-order chi connectivity index (χ0) is 14.8. The van der Waals surface area contributed by atoms with Crippen LogP contribution < -0.4 is 10.5 Å². The van der Waals surface area contributed by atoms with Gasteiger partial charge in [-0.1, -0.05) is 0 Å². The van der Waals surface area contributed by atoms with Gasteiger partial charge in [0.1, 0.15) is 11.4 Å². The molecule has 0 saturated heterocycles. The number of aromatic nitrogens is 3. The zero-order valence-electron chi connectivity index (χ0n) is 10.3. The van der Waals surface area contributed by atoms with Gasteiger partial charge in [0.25, 0.3) is 11.8 Å². The van der Waals surface area contributed by atoms with E-state index in [0.29, 0.717) is 5.69 Å². The number of primary amides is 1. The van der Waals surface area contributed by atoms with E-state index in [1.54, 1.807) is 5.38 Å². The Bertz CT molecular complexity index is 613. The van der Waals surface area contributed by atoms with Crippen LogP contribution in [0.25, 0.3) is 11.4 Å². The Labute approximate surface area is 116 Å². The molecule has 20 heavy (non-hydrogen) atoms. The monoisotopic (exact) mass is 300 g/mol. The van der Waals surface area contributed by atoms with Crippen molar-refractivity contribution in [2.45, 2.75) is 12.8 Å². The normalized spacial score (nSPS) is 11.3. The number of hydrogen-bond donors (Lipinski definition) is 1. The largest absolute Gasteiger partial charge is 0.470 e. The molecule has 0 bridgehead atoms. The van der Waals surface area contributed by atoms with Gasteiger partial charge in [-0.15, -0.1) is 11.3 Å². The Morgan fingerprint density at radius 3 is 2.80 bits per heavy atom. The van der Waals surface area contributed by atoms with Crippen molar-refractivity contribution in [3.8, 4) is 17.3 Å². The number of carbonyl (C=O) groups excluding carboxylic acids is 1. The lowest BCUT2D eigenvalue weighted by Crippen LogP contribution is -2.22. The number of hydrogen-bond acceptors (Lipinski definition) is 6. The summed E-state index contributed by atoms with van der Waals surface area (Å²) in [6.45, 7) is -0.117. The van der Waals surface area contributed by atoms with E-state index in [2.05, 4.69) is 15.0 Å². The molecule has 2 heterocycles. The van der Waals surface area contributed by atoms with Crippen molar-refractivity contribution < 1.29 is 18.3 Å². The van der Waals surface area contributed by atoms with Gasteiger partial charge < -0.3 is 10.5 Å². The highest BCUT2D eigenvalue weighted by atomic mass is 32.1. The van der Waals surface area contributed by atoms with Crippen LogP contribution in [0.4, 0.5) is 8.78 Å². The molecule has 2 rings (SSSR count). The highest BCUT2D eigenvalue weighted by Crippen LogP contribution is 2.23. The van der Waals surface area contributed by atoms with Gasteiger partial charge in [-0.05, 0) is 0 Å². The number of halogens is 2. The predicted octanol–water partition coefficient (Wildman–Crippen LogP) is 1.73. The number of carbonyl (C=O) groups is 1. The summed E-state index contributed by atoms with van der Waals surface area (Å²) in [6.07, 6.45) is 1.07. The molecule has 6 nitrogen and oxygen atoms in total. The second kappa shape index (κ2) is 5.45. The van der Waals surface area contributed by atoms with Crippen molar-refractivity contribution in [2.24, 2.45) is 5.73 Å². The van der Waals surface area contributed by atoms with Crippen LogP contribution in [-0.2, 0) is 0 Å². The first-order valence-electron chi connectivity index (χ1n) is 5.43. The Kier molecular flexibility index (Phi) is 3.89. The van der Waals surface area contributed by atoms with Crippen molar-refractivity contribution in [1.29, 1.82) is 0 Å². The third-order valence-corrected chi connectivity index (χ3v) is 2.72. The van der Waals surface area contributed by atoms with Crippen LogP contribution in [0.3, 0.4) is 0 Å². The highest BCUT2D eigenvalue weighted by molar-refractivity contribution is 7.07. The van der Waals surface area contributed by atoms with Crippen LogP contribution in [-0.4, -0.2) is 33.4 Å². The fraction of sp³-hybridized carbons (Fsp3) is 0.273. The molecule has 2 aromatic rings. The van der Waals surface area contributed by atoms with Gasteiger partial charge in [0.05, 0.1) is 11.7 Å². The maximum absolute atomic E-state index is 12.7. The average Bonchev–Trinajstić information content (AvgIpc) is 2.88. The Morgan fingerprint density at radius 2 is 2.25 bits per heavy atom. The van der Waals surface area contributed by atoms with Crippen LogP contribution in [0.2, 0.25) is 0 Å². The van der Waals surface area contributed by atoms with Gasteiger partial charge in [0, 0.05) is 12.3 Å². The molecular weight excluding hydrogens is 290 g/mol. The standard InChI is InChI=1S/C11H10F2N4O2S/c1-11(12,13)4-19-7-2-15-9(10(14)18)8(17-7)6-3-20-5-16-6/h2-3,5H,4H2,1H3,(H2,14,18). The molecule has 0 aliphatic rings. The molecule has 0 radical (unpaired) electrons. The maximum Gasteiger partial charge on any atom is 0.278 e. The van der Waals surface area contributed by atoms with Gasteiger partial charge >= 0.3 is 0 Å². The van der Waals surface area contributed by atoms with Crippen LogP contribution in [0.15, 0.2) is 17.1 Å². The van der Waals surface area contributed by atoms with Gasteiger partial charge in [0.2, 0.25) is 5.88 Å². The quantitative estimate of drug-likeness (QED) is 0.908. The number of nitrogens with two attached hydrogens (primary N) is 1. The van der Waals surface area contributed by atoms with E-state index in [-0.39, 0.29) is 17.3 Å². The molecule has 1 amide bonds. The second-order valence-electron chi connectivity index (χ2n) is 4.00. The summed E-state index contributed by atoms with van der Waals surface area (Å²) < 4.78 is 30.3. The predicted molar refractivity (Wildman–Crippen MR) is 67.8 cm³/mol. The zero-order valence-corrected chi connectivity index (χ0v) is 11.2. The lowest BCUT2D eigenvalue weighted by atomic mass is 10.2. The average molecular weight is 300 g/mol. The first-order valence-corrected chi connectivity index (χ1v) is 6.37. The minimum atomic E-state index is -3.00. The molecule has 0 unspecified atom stereocenters. The van der Waals surface area contributed by atoms with Crippen molar-refractivity contribution in [1.82, 2.24) is 15.0 Å². The van der Waals surface area contributed by atoms with Crippen LogP contribution in [0.5, 0.6) is 5.88 Å².